The lowest BCUT2D eigenvalue weighted by Gasteiger charge is -2.10. The van der Waals surface area contributed by atoms with E-state index < -0.39 is 11.8 Å². The van der Waals surface area contributed by atoms with E-state index in [0.29, 0.717) is 6.54 Å². The molecule has 0 spiro atoms. The number of rotatable bonds is 2. The van der Waals surface area contributed by atoms with Gasteiger partial charge in [0.1, 0.15) is 0 Å². The molecule has 2 N–H and O–H groups in total. The Hall–Kier alpha value is -0.180. The van der Waals surface area contributed by atoms with Crippen LogP contribution in [0.15, 0.2) is 0 Å². The molecule has 0 heterocycles. The molecule has 1 aliphatic rings. The molecule has 0 aliphatic heterocycles. The molecule has 66 valence electrons. The third-order valence-corrected chi connectivity index (χ3v) is 2.85. The molecule has 3 heteroatoms. The Kier molecular flexibility index (Phi) is 1.75. The summed E-state index contributed by atoms with van der Waals surface area (Å²) in [6.45, 7) is 5.06. The first-order valence-electron chi connectivity index (χ1n) is 3.89. The molecule has 1 saturated carbocycles. The maximum atomic E-state index is 12.8. The van der Waals surface area contributed by atoms with Gasteiger partial charge in [-0.05, 0) is 24.8 Å². The van der Waals surface area contributed by atoms with Crippen molar-refractivity contribution in [2.45, 2.75) is 26.7 Å². The first-order chi connectivity index (χ1) is 4.81. The maximum absolute atomic E-state index is 12.8. The predicted octanol–water partition coefficient (Wildman–Crippen LogP) is 1.87. The van der Waals surface area contributed by atoms with E-state index in [4.69, 9.17) is 5.73 Å². The lowest BCUT2D eigenvalue weighted by molar-refractivity contribution is -0.0162. The zero-order valence-corrected chi connectivity index (χ0v) is 7.20. The van der Waals surface area contributed by atoms with Crippen molar-refractivity contribution in [2.75, 3.05) is 6.54 Å². The monoisotopic (exact) mass is 163 g/mol. The molecular weight excluding hydrogens is 148 g/mol. The van der Waals surface area contributed by atoms with Crippen LogP contribution in [0.1, 0.15) is 20.8 Å². The molecule has 1 nitrogen and oxygen atoms in total. The van der Waals surface area contributed by atoms with Crippen molar-refractivity contribution in [3.8, 4) is 0 Å². The predicted molar refractivity (Wildman–Crippen MR) is 40.4 cm³/mol. The summed E-state index contributed by atoms with van der Waals surface area (Å²) in [6, 6.07) is 0. The van der Waals surface area contributed by atoms with Gasteiger partial charge >= 0.3 is 0 Å². The van der Waals surface area contributed by atoms with Gasteiger partial charge in [-0.1, -0.05) is 13.8 Å². The molecule has 0 radical (unpaired) electrons. The molecule has 0 amide bonds. The van der Waals surface area contributed by atoms with Crippen LogP contribution in [0, 0.1) is 17.3 Å². The SMILES string of the molecule is CC(F)(F)[C@@H]1[C@@H](CN)C1(C)C. The fourth-order valence-corrected chi connectivity index (χ4v) is 2.19. The summed E-state index contributed by atoms with van der Waals surface area (Å²) >= 11 is 0. The normalized spacial score (nSPS) is 35.5. The van der Waals surface area contributed by atoms with Gasteiger partial charge in [0.15, 0.2) is 0 Å². The van der Waals surface area contributed by atoms with Gasteiger partial charge in [0.05, 0.1) is 0 Å². The Bertz CT molecular complexity index is 160. The highest BCUT2D eigenvalue weighted by Gasteiger charge is 2.65. The van der Waals surface area contributed by atoms with Crippen LogP contribution in [-0.4, -0.2) is 12.5 Å². The fraction of sp³-hybridized carbons (Fsp3) is 1.00. The molecule has 0 aromatic heterocycles. The zero-order valence-electron chi connectivity index (χ0n) is 7.20. The van der Waals surface area contributed by atoms with Gasteiger partial charge in [-0.3, -0.25) is 0 Å². The van der Waals surface area contributed by atoms with E-state index in [9.17, 15) is 8.78 Å². The molecule has 0 bridgehead atoms. The van der Waals surface area contributed by atoms with Crippen LogP contribution in [0.2, 0.25) is 0 Å². The van der Waals surface area contributed by atoms with Crippen molar-refractivity contribution in [1.29, 1.82) is 0 Å². The van der Waals surface area contributed by atoms with Crippen LogP contribution >= 0.6 is 0 Å². The topological polar surface area (TPSA) is 26.0 Å². The van der Waals surface area contributed by atoms with Crippen molar-refractivity contribution in [1.82, 2.24) is 0 Å². The Balaban J connectivity index is 2.66. The largest absolute Gasteiger partial charge is 0.330 e. The second-order valence-electron chi connectivity index (χ2n) is 4.10. The second-order valence-corrected chi connectivity index (χ2v) is 4.10. The molecule has 1 rings (SSSR count). The number of hydrogen-bond acceptors (Lipinski definition) is 1. The molecular formula is C8H15F2N. The lowest BCUT2D eigenvalue weighted by Crippen LogP contribution is -2.17. The Morgan fingerprint density at radius 3 is 2.00 bits per heavy atom. The maximum Gasteiger partial charge on any atom is 0.249 e. The van der Waals surface area contributed by atoms with Gasteiger partial charge in [-0.15, -0.1) is 0 Å². The van der Waals surface area contributed by atoms with E-state index in [2.05, 4.69) is 0 Å². The minimum atomic E-state index is -2.56. The van der Waals surface area contributed by atoms with Gasteiger partial charge in [-0.2, -0.15) is 0 Å². The van der Waals surface area contributed by atoms with Gasteiger partial charge in [0.2, 0.25) is 5.92 Å². The van der Waals surface area contributed by atoms with E-state index >= 15 is 0 Å². The highest BCUT2D eigenvalue weighted by Crippen LogP contribution is 2.63. The number of halogens is 2. The molecule has 0 saturated heterocycles. The van der Waals surface area contributed by atoms with Crippen molar-refractivity contribution in [3.63, 3.8) is 0 Å². The summed E-state index contributed by atoms with van der Waals surface area (Å²) < 4.78 is 25.6. The van der Waals surface area contributed by atoms with Crippen molar-refractivity contribution < 1.29 is 8.78 Å². The number of nitrogens with two attached hydrogens (primary N) is 1. The molecule has 1 fully saturated rings. The molecule has 11 heavy (non-hydrogen) atoms. The number of alkyl halides is 2. The van der Waals surface area contributed by atoms with E-state index in [-0.39, 0.29) is 11.3 Å². The first-order valence-corrected chi connectivity index (χ1v) is 3.89. The third kappa shape index (κ3) is 1.26. The van der Waals surface area contributed by atoms with Crippen molar-refractivity contribution in [2.24, 2.45) is 23.0 Å². The van der Waals surface area contributed by atoms with Crippen LogP contribution in [0.5, 0.6) is 0 Å². The van der Waals surface area contributed by atoms with E-state index in [0.717, 1.165) is 6.92 Å². The standard InChI is InChI=1S/C8H15F2N/c1-7(2)5(4-11)6(7)8(3,9)10/h5-6H,4,11H2,1-3H3/t5-,6-/m1/s1. The van der Waals surface area contributed by atoms with Crippen molar-refractivity contribution >= 4 is 0 Å². The zero-order chi connectivity index (χ0) is 8.86. The van der Waals surface area contributed by atoms with Gasteiger partial charge in [0.25, 0.3) is 0 Å². The summed E-state index contributed by atoms with van der Waals surface area (Å²) in [4.78, 5) is 0. The minimum Gasteiger partial charge on any atom is -0.330 e. The summed E-state index contributed by atoms with van der Waals surface area (Å²) in [5, 5.41) is 0. The van der Waals surface area contributed by atoms with Crippen LogP contribution < -0.4 is 5.73 Å². The van der Waals surface area contributed by atoms with E-state index in [1.165, 1.54) is 0 Å². The van der Waals surface area contributed by atoms with Crippen molar-refractivity contribution in [3.05, 3.63) is 0 Å². The summed E-state index contributed by atoms with van der Waals surface area (Å²) in [6.07, 6.45) is 0. The molecule has 0 aromatic carbocycles. The number of hydrogen-bond donors (Lipinski definition) is 1. The quantitative estimate of drug-likeness (QED) is 0.660. The molecule has 2 atom stereocenters. The first kappa shape index (κ1) is 8.91. The third-order valence-electron chi connectivity index (χ3n) is 2.85. The summed E-state index contributed by atoms with van der Waals surface area (Å²) in [7, 11) is 0. The average Bonchev–Trinajstić information content (AvgIpc) is 2.31. The minimum absolute atomic E-state index is 0.00231. The summed E-state index contributed by atoms with van der Waals surface area (Å²) in [5.41, 5.74) is 5.11. The van der Waals surface area contributed by atoms with E-state index in [1.807, 2.05) is 13.8 Å². The molecule has 1 aliphatic carbocycles. The second kappa shape index (κ2) is 2.16. The molecule has 0 unspecified atom stereocenters. The fourth-order valence-electron chi connectivity index (χ4n) is 2.19. The van der Waals surface area contributed by atoms with Crippen LogP contribution in [0.25, 0.3) is 0 Å². The van der Waals surface area contributed by atoms with E-state index in [1.54, 1.807) is 0 Å². The van der Waals surface area contributed by atoms with Gasteiger partial charge < -0.3 is 5.73 Å². The smallest absolute Gasteiger partial charge is 0.249 e. The summed E-state index contributed by atoms with van der Waals surface area (Å²) in [5.74, 6) is -3.07. The Morgan fingerprint density at radius 2 is 1.91 bits per heavy atom. The van der Waals surface area contributed by atoms with Gasteiger partial charge in [-0.25, -0.2) is 8.78 Å². The van der Waals surface area contributed by atoms with Crippen LogP contribution in [0.3, 0.4) is 0 Å². The highest BCUT2D eigenvalue weighted by atomic mass is 19.3. The molecule has 0 aromatic rings. The van der Waals surface area contributed by atoms with Crippen LogP contribution in [0.4, 0.5) is 8.78 Å². The Morgan fingerprint density at radius 1 is 1.45 bits per heavy atom. The highest BCUT2D eigenvalue weighted by molar-refractivity contribution is 5.09. The van der Waals surface area contributed by atoms with Gasteiger partial charge in [0, 0.05) is 5.92 Å². The Labute approximate surface area is 66.0 Å². The average molecular weight is 163 g/mol. The van der Waals surface area contributed by atoms with Crippen LogP contribution in [-0.2, 0) is 0 Å². The lowest BCUT2D eigenvalue weighted by atomic mass is 10.1.